The molecule has 110 valence electrons. The van der Waals surface area contributed by atoms with Crippen molar-refractivity contribution >= 4 is 0 Å². The van der Waals surface area contributed by atoms with E-state index in [0.717, 1.165) is 6.42 Å². The summed E-state index contributed by atoms with van der Waals surface area (Å²) in [5, 5.41) is 10.1. The summed E-state index contributed by atoms with van der Waals surface area (Å²) >= 11 is 0. The lowest BCUT2D eigenvalue weighted by atomic mass is 9.87. The molecule has 0 bridgehead atoms. The molecule has 0 rings (SSSR count). The second-order valence-electron chi connectivity index (χ2n) is 6.44. The van der Waals surface area contributed by atoms with E-state index in [1.807, 2.05) is 6.92 Å². The Morgan fingerprint density at radius 2 is 1.17 bits per heavy atom. The molecule has 0 fully saturated rings. The van der Waals surface area contributed by atoms with Gasteiger partial charge < -0.3 is 5.11 Å². The van der Waals surface area contributed by atoms with Crippen LogP contribution in [0.3, 0.4) is 0 Å². The van der Waals surface area contributed by atoms with Crippen molar-refractivity contribution < 1.29 is 5.11 Å². The number of hydrogen-bond acceptors (Lipinski definition) is 1. The Labute approximate surface area is 115 Å². The SMILES string of the molecule is CCCCCCCCCCCCC(C)(O)C(C)C. The summed E-state index contributed by atoms with van der Waals surface area (Å²) in [5.41, 5.74) is -0.458. The van der Waals surface area contributed by atoms with Crippen LogP contribution in [0.15, 0.2) is 0 Å². The van der Waals surface area contributed by atoms with Crippen LogP contribution in [0.1, 0.15) is 98.3 Å². The van der Waals surface area contributed by atoms with Gasteiger partial charge in [0.1, 0.15) is 0 Å². The molecule has 0 aliphatic rings. The predicted octanol–water partition coefficient (Wildman–Crippen LogP) is 5.70. The van der Waals surface area contributed by atoms with E-state index in [9.17, 15) is 5.11 Å². The third kappa shape index (κ3) is 9.94. The molecule has 0 spiro atoms. The Hall–Kier alpha value is -0.0400. The van der Waals surface area contributed by atoms with Crippen molar-refractivity contribution in [3.63, 3.8) is 0 Å². The van der Waals surface area contributed by atoms with E-state index in [1.165, 1.54) is 64.2 Å². The van der Waals surface area contributed by atoms with Gasteiger partial charge in [0.15, 0.2) is 0 Å². The van der Waals surface area contributed by atoms with E-state index in [1.54, 1.807) is 0 Å². The van der Waals surface area contributed by atoms with Crippen LogP contribution in [0, 0.1) is 5.92 Å². The van der Waals surface area contributed by atoms with Crippen molar-refractivity contribution in [1.82, 2.24) is 0 Å². The molecular weight excluding hydrogens is 220 g/mol. The highest BCUT2D eigenvalue weighted by atomic mass is 16.3. The summed E-state index contributed by atoms with van der Waals surface area (Å²) in [7, 11) is 0. The Kier molecular flexibility index (Phi) is 10.8. The fourth-order valence-corrected chi connectivity index (χ4v) is 2.26. The normalized spacial score (nSPS) is 15.0. The summed E-state index contributed by atoms with van der Waals surface area (Å²) in [6.45, 7) is 8.46. The molecular formula is C17H36O. The first-order valence-electron chi connectivity index (χ1n) is 8.23. The van der Waals surface area contributed by atoms with Crippen LogP contribution in [0.5, 0.6) is 0 Å². The monoisotopic (exact) mass is 256 g/mol. The summed E-state index contributed by atoms with van der Waals surface area (Å²) in [6, 6.07) is 0. The molecule has 1 unspecified atom stereocenters. The van der Waals surface area contributed by atoms with Gasteiger partial charge in [0.2, 0.25) is 0 Å². The first kappa shape index (κ1) is 18.0. The highest BCUT2D eigenvalue weighted by Gasteiger charge is 2.23. The smallest absolute Gasteiger partial charge is 0.0642 e. The zero-order valence-corrected chi connectivity index (χ0v) is 13.3. The minimum Gasteiger partial charge on any atom is -0.390 e. The zero-order valence-electron chi connectivity index (χ0n) is 13.3. The van der Waals surface area contributed by atoms with Gasteiger partial charge >= 0.3 is 0 Å². The molecule has 0 radical (unpaired) electrons. The lowest BCUT2D eigenvalue weighted by Crippen LogP contribution is -2.30. The van der Waals surface area contributed by atoms with Gasteiger partial charge in [-0.25, -0.2) is 0 Å². The predicted molar refractivity (Wildman–Crippen MR) is 81.9 cm³/mol. The molecule has 1 N–H and O–H groups in total. The van der Waals surface area contributed by atoms with Crippen LogP contribution in [0.2, 0.25) is 0 Å². The first-order valence-corrected chi connectivity index (χ1v) is 8.23. The molecule has 0 aromatic carbocycles. The number of rotatable bonds is 12. The van der Waals surface area contributed by atoms with Crippen LogP contribution < -0.4 is 0 Å². The summed E-state index contributed by atoms with van der Waals surface area (Å²) in [4.78, 5) is 0. The van der Waals surface area contributed by atoms with Crippen molar-refractivity contribution in [2.24, 2.45) is 5.92 Å². The standard InChI is InChI=1S/C17H36O/c1-5-6-7-8-9-10-11-12-13-14-15-17(4,18)16(2)3/h16,18H,5-15H2,1-4H3. The van der Waals surface area contributed by atoms with Crippen LogP contribution in [-0.2, 0) is 0 Å². The molecule has 1 atom stereocenters. The fourth-order valence-electron chi connectivity index (χ4n) is 2.26. The van der Waals surface area contributed by atoms with Crippen molar-refractivity contribution in [3.8, 4) is 0 Å². The zero-order chi connectivity index (χ0) is 13.9. The molecule has 0 saturated heterocycles. The van der Waals surface area contributed by atoms with Crippen molar-refractivity contribution in [2.45, 2.75) is 104 Å². The Balaban J connectivity index is 3.21. The van der Waals surface area contributed by atoms with Crippen molar-refractivity contribution in [3.05, 3.63) is 0 Å². The third-order valence-electron chi connectivity index (χ3n) is 4.28. The highest BCUT2D eigenvalue weighted by Crippen LogP contribution is 2.23. The number of unbranched alkanes of at least 4 members (excludes halogenated alkanes) is 9. The maximum atomic E-state index is 10.1. The van der Waals surface area contributed by atoms with Gasteiger partial charge in [-0.1, -0.05) is 85.0 Å². The molecule has 0 saturated carbocycles. The molecule has 0 aromatic heterocycles. The maximum absolute atomic E-state index is 10.1. The van der Waals surface area contributed by atoms with Crippen molar-refractivity contribution in [1.29, 1.82) is 0 Å². The minimum absolute atomic E-state index is 0.371. The second-order valence-corrected chi connectivity index (χ2v) is 6.44. The lowest BCUT2D eigenvalue weighted by Gasteiger charge is -2.27. The Morgan fingerprint density at radius 1 is 0.778 bits per heavy atom. The van der Waals surface area contributed by atoms with Gasteiger partial charge in [0.05, 0.1) is 5.60 Å². The molecule has 1 heteroatoms. The van der Waals surface area contributed by atoms with Crippen LogP contribution in [-0.4, -0.2) is 10.7 Å². The molecule has 0 aliphatic carbocycles. The van der Waals surface area contributed by atoms with Gasteiger partial charge in [-0.05, 0) is 19.3 Å². The van der Waals surface area contributed by atoms with E-state index in [4.69, 9.17) is 0 Å². The largest absolute Gasteiger partial charge is 0.390 e. The van der Waals surface area contributed by atoms with E-state index in [-0.39, 0.29) is 0 Å². The van der Waals surface area contributed by atoms with Gasteiger partial charge in [-0.3, -0.25) is 0 Å². The highest BCUT2D eigenvalue weighted by molar-refractivity contribution is 4.75. The number of hydrogen-bond donors (Lipinski definition) is 1. The molecule has 0 amide bonds. The third-order valence-corrected chi connectivity index (χ3v) is 4.28. The van der Waals surface area contributed by atoms with Gasteiger partial charge in [-0.2, -0.15) is 0 Å². The van der Waals surface area contributed by atoms with E-state index in [2.05, 4.69) is 20.8 Å². The average Bonchev–Trinajstić information content (AvgIpc) is 2.31. The van der Waals surface area contributed by atoms with E-state index >= 15 is 0 Å². The summed E-state index contributed by atoms with van der Waals surface area (Å²) in [6.07, 6.45) is 14.6. The quantitative estimate of drug-likeness (QED) is 0.444. The van der Waals surface area contributed by atoms with Crippen LogP contribution in [0.25, 0.3) is 0 Å². The van der Waals surface area contributed by atoms with Crippen molar-refractivity contribution in [2.75, 3.05) is 0 Å². The Morgan fingerprint density at radius 3 is 1.56 bits per heavy atom. The molecule has 0 aliphatic heterocycles. The molecule has 18 heavy (non-hydrogen) atoms. The topological polar surface area (TPSA) is 20.2 Å². The number of aliphatic hydroxyl groups is 1. The first-order chi connectivity index (χ1) is 8.50. The van der Waals surface area contributed by atoms with E-state index < -0.39 is 5.60 Å². The van der Waals surface area contributed by atoms with Crippen LogP contribution in [0.4, 0.5) is 0 Å². The Bertz CT molecular complexity index is 172. The van der Waals surface area contributed by atoms with Crippen LogP contribution >= 0.6 is 0 Å². The molecule has 0 aromatic rings. The molecule has 0 heterocycles. The fraction of sp³-hybridized carbons (Fsp3) is 1.00. The lowest BCUT2D eigenvalue weighted by molar-refractivity contribution is 0.00307. The van der Waals surface area contributed by atoms with Gasteiger partial charge in [0.25, 0.3) is 0 Å². The average molecular weight is 256 g/mol. The van der Waals surface area contributed by atoms with Gasteiger partial charge in [-0.15, -0.1) is 0 Å². The summed E-state index contributed by atoms with van der Waals surface area (Å²) in [5.74, 6) is 0.371. The van der Waals surface area contributed by atoms with E-state index in [0.29, 0.717) is 5.92 Å². The summed E-state index contributed by atoms with van der Waals surface area (Å²) < 4.78 is 0. The minimum atomic E-state index is -0.458. The second kappa shape index (κ2) is 10.8. The molecule has 1 nitrogen and oxygen atoms in total. The van der Waals surface area contributed by atoms with Gasteiger partial charge in [0, 0.05) is 0 Å². The maximum Gasteiger partial charge on any atom is 0.0642 e.